The molecule has 2 heterocycles. The molecular formula is C22H24N4O. The van der Waals surface area contributed by atoms with E-state index in [2.05, 4.69) is 41.3 Å². The topological polar surface area (TPSA) is 41.4 Å². The van der Waals surface area contributed by atoms with Gasteiger partial charge in [0.15, 0.2) is 0 Å². The molecule has 2 aromatic carbocycles. The lowest BCUT2D eigenvalue weighted by molar-refractivity contribution is 0.0498. The molecule has 1 saturated heterocycles. The van der Waals surface area contributed by atoms with E-state index in [0.717, 1.165) is 19.6 Å². The Balaban J connectivity index is 1.54. The van der Waals surface area contributed by atoms with Gasteiger partial charge in [-0.05, 0) is 18.2 Å². The molecule has 5 heteroatoms. The molecular weight excluding hydrogens is 336 g/mol. The van der Waals surface area contributed by atoms with E-state index in [1.54, 1.807) is 6.20 Å². The van der Waals surface area contributed by atoms with Crippen molar-refractivity contribution in [3.63, 3.8) is 0 Å². The zero-order valence-corrected chi connectivity index (χ0v) is 15.5. The average Bonchev–Trinajstić information content (AvgIpc) is 3.17. The molecule has 1 aliphatic rings. The van der Waals surface area contributed by atoms with E-state index in [1.807, 2.05) is 52.2 Å². The van der Waals surface area contributed by atoms with Crippen molar-refractivity contribution in [2.75, 3.05) is 26.7 Å². The second-order valence-corrected chi connectivity index (χ2v) is 7.10. The second-order valence-electron chi connectivity index (χ2n) is 7.10. The summed E-state index contributed by atoms with van der Waals surface area (Å²) in [5.41, 5.74) is 2.99. The van der Waals surface area contributed by atoms with E-state index < -0.39 is 0 Å². The number of piperazine rings is 1. The minimum absolute atomic E-state index is 0.0521. The van der Waals surface area contributed by atoms with Gasteiger partial charge >= 0.3 is 0 Å². The molecule has 0 bridgehead atoms. The van der Waals surface area contributed by atoms with E-state index in [0.29, 0.717) is 12.1 Å². The molecule has 138 valence electrons. The van der Waals surface area contributed by atoms with Crippen LogP contribution >= 0.6 is 0 Å². The molecule has 0 unspecified atom stereocenters. The minimum Gasteiger partial charge on any atom is -0.329 e. The molecule has 0 radical (unpaired) electrons. The number of aromatic nitrogens is 2. The summed E-state index contributed by atoms with van der Waals surface area (Å²) in [6.45, 7) is 3.11. The number of hydrogen-bond donors (Lipinski definition) is 0. The predicted molar refractivity (Wildman–Crippen MR) is 105 cm³/mol. The Labute approximate surface area is 159 Å². The highest BCUT2D eigenvalue weighted by Crippen LogP contribution is 2.26. The summed E-state index contributed by atoms with van der Waals surface area (Å²) in [4.78, 5) is 17.5. The van der Waals surface area contributed by atoms with Gasteiger partial charge in [-0.15, -0.1) is 0 Å². The highest BCUT2D eigenvalue weighted by Gasteiger charge is 2.31. The number of carbonyl (C=O) groups excluding carboxylic acids is 1. The summed E-state index contributed by atoms with van der Waals surface area (Å²) in [5.74, 6) is 0.0521. The quantitative estimate of drug-likeness (QED) is 0.718. The SMILES string of the molecule is CN1CCN(C(=O)c2cnn(Cc3ccccc3)c2)[C@@H](c2ccccc2)C1. The Morgan fingerprint density at radius 2 is 1.74 bits per heavy atom. The van der Waals surface area contributed by atoms with Crippen LogP contribution in [-0.4, -0.2) is 52.2 Å². The Morgan fingerprint density at radius 1 is 1.04 bits per heavy atom. The first kappa shape index (κ1) is 17.5. The lowest BCUT2D eigenvalue weighted by Gasteiger charge is -2.40. The van der Waals surface area contributed by atoms with Gasteiger partial charge in [0.1, 0.15) is 0 Å². The number of nitrogens with zero attached hydrogens (tertiary/aromatic N) is 4. The maximum absolute atomic E-state index is 13.2. The highest BCUT2D eigenvalue weighted by molar-refractivity contribution is 5.94. The lowest BCUT2D eigenvalue weighted by Crippen LogP contribution is -2.49. The van der Waals surface area contributed by atoms with Gasteiger partial charge in [-0.25, -0.2) is 0 Å². The first-order chi connectivity index (χ1) is 13.2. The van der Waals surface area contributed by atoms with Crippen molar-refractivity contribution in [1.82, 2.24) is 19.6 Å². The first-order valence-electron chi connectivity index (χ1n) is 9.31. The number of rotatable bonds is 4. The summed E-state index contributed by atoms with van der Waals surface area (Å²) in [7, 11) is 2.11. The predicted octanol–water partition coefficient (Wildman–Crippen LogP) is 3.06. The van der Waals surface area contributed by atoms with Crippen LogP contribution in [0.25, 0.3) is 0 Å². The van der Waals surface area contributed by atoms with Gasteiger partial charge in [0.2, 0.25) is 0 Å². The minimum atomic E-state index is 0.0521. The van der Waals surface area contributed by atoms with E-state index in [1.165, 1.54) is 11.1 Å². The van der Waals surface area contributed by atoms with E-state index in [4.69, 9.17) is 0 Å². The van der Waals surface area contributed by atoms with Crippen LogP contribution < -0.4 is 0 Å². The molecule has 5 nitrogen and oxygen atoms in total. The van der Waals surface area contributed by atoms with Gasteiger partial charge in [0, 0.05) is 25.8 Å². The summed E-state index contributed by atoms with van der Waals surface area (Å²) >= 11 is 0. The monoisotopic (exact) mass is 360 g/mol. The number of amides is 1. The van der Waals surface area contributed by atoms with Crippen molar-refractivity contribution in [3.8, 4) is 0 Å². The maximum Gasteiger partial charge on any atom is 0.257 e. The van der Waals surface area contributed by atoms with Gasteiger partial charge in [-0.2, -0.15) is 5.10 Å². The van der Waals surface area contributed by atoms with Gasteiger partial charge in [-0.1, -0.05) is 60.7 Å². The first-order valence-corrected chi connectivity index (χ1v) is 9.31. The second kappa shape index (κ2) is 7.76. The summed E-state index contributed by atoms with van der Waals surface area (Å²) in [6, 6.07) is 20.5. The van der Waals surface area contributed by atoms with Gasteiger partial charge in [-0.3, -0.25) is 9.48 Å². The Bertz CT molecular complexity index is 891. The fourth-order valence-corrected chi connectivity index (χ4v) is 3.62. The van der Waals surface area contributed by atoms with Crippen molar-refractivity contribution in [3.05, 3.63) is 89.7 Å². The van der Waals surface area contributed by atoms with Crippen LogP contribution in [0.2, 0.25) is 0 Å². The van der Waals surface area contributed by atoms with Crippen molar-refractivity contribution < 1.29 is 4.79 Å². The van der Waals surface area contributed by atoms with E-state index in [-0.39, 0.29) is 11.9 Å². The van der Waals surface area contributed by atoms with Crippen molar-refractivity contribution in [2.45, 2.75) is 12.6 Å². The van der Waals surface area contributed by atoms with Gasteiger partial charge in [0.05, 0.1) is 24.3 Å². The molecule has 1 amide bonds. The Hall–Kier alpha value is -2.92. The number of hydrogen-bond acceptors (Lipinski definition) is 3. The third kappa shape index (κ3) is 3.93. The number of likely N-dealkylation sites (N-methyl/N-ethyl adjacent to an activating group) is 1. The largest absolute Gasteiger partial charge is 0.329 e. The van der Waals surface area contributed by atoms with E-state index in [9.17, 15) is 4.79 Å². The zero-order valence-electron chi connectivity index (χ0n) is 15.5. The molecule has 1 aliphatic heterocycles. The van der Waals surface area contributed by atoms with Crippen LogP contribution in [0.4, 0.5) is 0 Å². The van der Waals surface area contributed by atoms with Crippen LogP contribution in [0.3, 0.4) is 0 Å². The highest BCUT2D eigenvalue weighted by atomic mass is 16.2. The summed E-state index contributed by atoms with van der Waals surface area (Å²) < 4.78 is 1.83. The smallest absolute Gasteiger partial charge is 0.257 e. The molecule has 1 aromatic heterocycles. The normalized spacial score (nSPS) is 17.8. The van der Waals surface area contributed by atoms with Crippen molar-refractivity contribution >= 4 is 5.91 Å². The zero-order chi connectivity index (χ0) is 18.6. The summed E-state index contributed by atoms with van der Waals surface area (Å²) in [5, 5.41) is 4.40. The standard InChI is InChI=1S/C22H24N4O/c1-24-12-13-26(21(17-24)19-10-6-3-7-11-19)22(27)20-14-23-25(16-20)15-18-8-4-2-5-9-18/h2-11,14,16,21H,12-13,15,17H2,1H3/t21-/m1/s1. The third-order valence-electron chi connectivity index (χ3n) is 5.10. The molecule has 0 saturated carbocycles. The molecule has 1 atom stereocenters. The molecule has 0 aliphatic carbocycles. The van der Waals surface area contributed by atoms with Crippen molar-refractivity contribution in [2.24, 2.45) is 0 Å². The maximum atomic E-state index is 13.2. The Morgan fingerprint density at radius 3 is 2.48 bits per heavy atom. The third-order valence-corrected chi connectivity index (χ3v) is 5.10. The van der Waals surface area contributed by atoms with Crippen molar-refractivity contribution in [1.29, 1.82) is 0 Å². The molecule has 1 fully saturated rings. The average molecular weight is 360 g/mol. The van der Waals surface area contributed by atoms with Gasteiger partial charge in [0.25, 0.3) is 5.91 Å². The summed E-state index contributed by atoms with van der Waals surface area (Å²) in [6.07, 6.45) is 3.54. The fourth-order valence-electron chi connectivity index (χ4n) is 3.62. The van der Waals surface area contributed by atoms with Crippen LogP contribution in [-0.2, 0) is 6.54 Å². The van der Waals surface area contributed by atoms with Gasteiger partial charge < -0.3 is 9.80 Å². The number of benzene rings is 2. The van der Waals surface area contributed by atoms with Crippen LogP contribution in [0.15, 0.2) is 73.1 Å². The fraction of sp³-hybridized carbons (Fsp3) is 0.273. The molecule has 0 N–H and O–H groups in total. The molecule has 27 heavy (non-hydrogen) atoms. The molecule has 3 aromatic rings. The lowest BCUT2D eigenvalue weighted by atomic mass is 10.0. The van der Waals surface area contributed by atoms with Crippen LogP contribution in [0.5, 0.6) is 0 Å². The van der Waals surface area contributed by atoms with Crippen LogP contribution in [0.1, 0.15) is 27.5 Å². The molecule has 0 spiro atoms. The molecule has 4 rings (SSSR count). The number of carbonyl (C=O) groups is 1. The van der Waals surface area contributed by atoms with E-state index >= 15 is 0 Å². The Kier molecular flexibility index (Phi) is 5.03. The van der Waals surface area contributed by atoms with Crippen LogP contribution in [0, 0.1) is 0 Å².